The highest BCUT2D eigenvalue weighted by Crippen LogP contribution is 2.99. The molecule has 5 fully saturated rings. The summed E-state index contributed by atoms with van der Waals surface area (Å²) in [5.74, 6) is 4.78. The van der Waals surface area contributed by atoms with Crippen molar-refractivity contribution in [2.75, 3.05) is 0 Å². The lowest BCUT2D eigenvalue weighted by Gasteiger charge is -2.77. The van der Waals surface area contributed by atoms with E-state index in [1.807, 2.05) is 0 Å². The van der Waals surface area contributed by atoms with Crippen LogP contribution in [-0.4, -0.2) is 0 Å². The molecule has 5 saturated carbocycles. The second-order valence-corrected chi connectivity index (χ2v) is 7.23. The molecule has 5 aliphatic carbocycles. The van der Waals surface area contributed by atoms with Crippen molar-refractivity contribution >= 4 is 0 Å². The molecule has 0 aromatic carbocycles. The van der Waals surface area contributed by atoms with Gasteiger partial charge in [-0.15, -0.1) is 0 Å². The average Bonchev–Trinajstić information content (AvgIpc) is 2.81. The van der Waals surface area contributed by atoms with Gasteiger partial charge in [-0.3, -0.25) is 0 Å². The lowest BCUT2D eigenvalue weighted by Crippen LogP contribution is -2.72. The molecule has 7 unspecified atom stereocenters. The third-order valence-electron chi connectivity index (χ3n) is 7.68. The number of rotatable bonds is 0. The Morgan fingerprint density at radius 1 is 0.923 bits per heavy atom. The van der Waals surface area contributed by atoms with Crippen LogP contribution in [0.15, 0.2) is 0 Å². The SMILES string of the molecule is CC12CC3CC4C(C1)C2(C)C41CC31. The molecule has 0 nitrogen and oxygen atoms in total. The first kappa shape index (κ1) is 6.48. The highest BCUT2D eigenvalue weighted by atomic mass is 15.0. The van der Waals surface area contributed by atoms with Gasteiger partial charge in [-0.05, 0) is 65.6 Å². The van der Waals surface area contributed by atoms with Gasteiger partial charge in [0, 0.05) is 0 Å². The fourth-order valence-electron chi connectivity index (χ4n) is 7.20. The molecule has 7 atom stereocenters. The minimum absolute atomic E-state index is 0.794. The standard InChI is InChI=1S/C13H18/c1-11-4-7-3-8-10(5-11)12(11,2)13(8)6-9(7)13/h7-10H,3-6H2,1-2H3. The van der Waals surface area contributed by atoms with Gasteiger partial charge in [0.05, 0.1) is 0 Å². The van der Waals surface area contributed by atoms with Crippen LogP contribution in [-0.2, 0) is 0 Å². The van der Waals surface area contributed by atoms with Crippen LogP contribution in [0.1, 0.15) is 39.5 Å². The zero-order valence-electron chi connectivity index (χ0n) is 8.64. The Balaban J connectivity index is 1.84. The zero-order valence-corrected chi connectivity index (χ0v) is 8.64. The number of fused-ring (bicyclic) bond motifs is 1. The molecule has 0 aromatic heterocycles. The quantitative estimate of drug-likeness (QED) is 0.529. The molecule has 0 heteroatoms. The first-order valence-electron chi connectivity index (χ1n) is 6.13. The van der Waals surface area contributed by atoms with E-state index in [9.17, 15) is 0 Å². The molecule has 0 amide bonds. The number of hydrogen-bond acceptors (Lipinski definition) is 0. The summed E-state index contributed by atoms with van der Waals surface area (Å²) in [4.78, 5) is 0. The second-order valence-electron chi connectivity index (χ2n) is 7.23. The van der Waals surface area contributed by atoms with Gasteiger partial charge in [0.2, 0.25) is 0 Å². The van der Waals surface area contributed by atoms with Crippen LogP contribution < -0.4 is 0 Å². The predicted octanol–water partition coefficient (Wildman–Crippen LogP) is 3.08. The molecular weight excluding hydrogens is 156 g/mol. The minimum Gasteiger partial charge on any atom is -0.0591 e. The monoisotopic (exact) mass is 174 g/mol. The summed E-state index contributed by atoms with van der Waals surface area (Å²) in [5, 5.41) is 0. The third kappa shape index (κ3) is 0.322. The van der Waals surface area contributed by atoms with Gasteiger partial charge in [0.25, 0.3) is 0 Å². The van der Waals surface area contributed by atoms with Crippen molar-refractivity contribution in [2.45, 2.75) is 39.5 Å². The normalized spacial score (nSPS) is 85.4. The van der Waals surface area contributed by atoms with Crippen molar-refractivity contribution in [2.24, 2.45) is 39.9 Å². The summed E-state index contributed by atoms with van der Waals surface area (Å²) in [7, 11) is 0. The molecule has 0 N–H and O–H groups in total. The third-order valence-corrected chi connectivity index (χ3v) is 7.68. The van der Waals surface area contributed by atoms with E-state index in [0.717, 1.165) is 16.2 Å². The molecular formula is C13H18. The Morgan fingerprint density at radius 2 is 1.77 bits per heavy atom. The lowest BCUT2D eigenvalue weighted by atomic mass is 9.26. The molecule has 0 radical (unpaired) electrons. The topological polar surface area (TPSA) is 0 Å². The molecule has 0 heterocycles. The van der Waals surface area contributed by atoms with Crippen molar-refractivity contribution < 1.29 is 0 Å². The summed E-state index contributed by atoms with van der Waals surface area (Å²) in [6, 6.07) is 0. The van der Waals surface area contributed by atoms with Gasteiger partial charge in [0.15, 0.2) is 0 Å². The van der Waals surface area contributed by atoms with Gasteiger partial charge >= 0.3 is 0 Å². The first-order valence-corrected chi connectivity index (χ1v) is 6.13. The van der Waals surface area contributed by atoms with Gasteiger partial charge in [-0.2, -0.15) is 0 Å². The fourth-order valence-corrected chi connectivity index (χ4v) is 7.20. The van der Waals surface area contributed by atoms with E-state index in [2.05, 4.69) is 13.8 Å². The maximum atomic E-state index is 2.65. The van der Waals surface area contributed by atoms with E-state index < -0.39 is 0 Å². The van der Waals surface area contributed by atoms with Gasteiger partial charge < -0.3 is 0 Å². The van der Waals surface area contributed by atoms with E-state index in [0.29, 0.717) is 0 Å². The van der Waals surface area contributed by atoms with Gasteiger partial charge in [-0.25, -0.2) is 0 Å². The largest absolute Gasteiger partial charge is 0.0591 e. The van der Waals surface area contributed by atoms with Crippen LogP contribution in [0.3, 0.4) is 0 Å². The molecule has 0 saturated heterocycles. The van der Waals surface area contributed by atoms with E-state index in [-0.39, 0.29) is 0 Å². The first-order chi connectivity index (χ1) is 6.13. The van der Waals surface area contributed by atoms with Crippen molar-refractivity contribution in [1.82, 2.24) is 0 Å². The zero-order chi connectivity index (χ0) is 8.64. The van der Waals surface area contributed by atoms with Crippen molar-refractivity contribution in [3.63, 3.8) is 0 Å². The fraction of sp³-hybridized carbons (Fsp3) is 1.00. The lowest BCUT2D eigenvalue weighted by molar-refractivity contribution is -0.301. The summed E-state index contributed by atoms with van der Waals surface area (Å²) in [6.07, 6.45) is 6.48. The van der Waals surface area contributed by atoms with Crippen LogP contribution in [0.2, 0.25) is 0 Å². The van der Waals surface area contributed by atoms with Crippen LogP contribution in [0, 0.1) is 39.9 Å². The maximum absolute atomic E-state index is 2.65. The summed E-state index contributed by atoms with van der Waals surface area (Å²) < 4.78 is 0. The van der Waals surface area contributed by atoms with Crippen molar-refractivity contribution in [3.8, 4) is 0 Å². The molecule has 5 aliphatic rings. The van der Waals surface area contributed by atoms with E-state index in [4.69, 9.17) is 0 Å². The Labute approximate surface area is 80.1 Å². The molecule has 5 rings (SSSR count). The van der Waals surface area contributed by atoms with E-state index in [1.165, 1.54) is 23.7 Å². The minimum atomic E-state index is 0.794. The van der Waals surface area contributed by atoms with Crippen molar-refractivity contribution in [3.05, 3.63) is 0 Å². The molecule has 0 aromatic rings. The average molecular weight is 174 g/mol. The number of hydrogen-bond donors (Lipinski definition) is 0. The summed E-state index contributed by atoms with van der Waals surface area (Å²) >= 11 is 0. The molecule has 1 spiro atoms. The van der Waals surface area contributed by atoms with Gasteiger partial charge in [-0.1, -0.05) is 13.8 Å². The van der Waals surface area contributed by atoms with Gasteiger partial charge in [0.1, 0.15) is 0 Å². The molecule has 70 valence electrons. The van der Waals surface area contributed by atoms with Crippen LogP contribution >= 0.6 is 0 Å². The summed E-state index contributed by atoms with van der Waals surface area (Å²) in [5.41, 5.74) is 2.57. The smallest absolute Gasteiger partial charge is 0.0170 e. The van der Waals surface area contributed by atoms with Crippen LogP contribution in [0.25, 0.3) is 0 Å². The van der Waals surface area contributed by atoms with E-state index >= 15 is 0 Å². The van der Waals surface area contributed by atoms with E-state index in [1.54, 1.807) is 25.7 Å². The predicted molar refractivity (Wildman–Crippen MR) is 51.1 cm³/mol. The second kappa shape index (κ2) is 1.26. The highest BCUT2D eigenvalue weighted by molar-refractivity contribution is 5.41. The molecule has 0 aliphatic heterocycles. The van der Waals surface area contributed by atoms with Crippen molar-refractivity contribution in [1.29, 1.82) is 0 Å². The van der Waals surface area contributed by atoms with Crippen LogP contribution in [0.4, 0.5) is 0 Å². The maximum Gasteiger partial charge on any atom is -0.0170 e. The Kier molecular flexibility index (Phi) is 0.626. The highest BCUT2D eigenvalue weighted by Gasteiger charge is 2.93. The van der Waals surface area contributed by atoms with Crippen LogP contribution in [0.5, 0.6) is 0 Å². The molecule has 2 bridgehead atoms. The Bertz CT molecular complexity index is 346. The summed E-state index contributed by atoms with van der Waals surface area (Å²) in [6.45, 7) is 5.26. The Morgan fingerprint density at radius 3 is 2.62 bits per heavy atom. The molecule has 13 heavy (non-hydrogen) atoms. The Hall–Kier alpha value is 0.